The third-order valence-corrected chi connectivity index (χ3v) is 7.43. The molecule has 0 radical (unpaired) electrons. The first kappa shape index (κ1) is 19.3. The second-order valence-corrected chi connectivity index (χ2v) is 9.39. The number of hydrogen-bond donors (Lipinski definition) is 2. The molecule has 1 amide bonds. The lowest BCUT2D eigenvalue weighted by Crippen LogP contribution is -2.44. The summed E-state index contributed by atoms with van der Waals surface area (Å²) < 4.78 is 27.3. The summed E-state index contributed by atoms with van der Waals surface area (Å²) in [6.45, 7) is 7.45. The van der Waals surface area contributed by atoms with Gasteiger partial charge in [-0.2, -0.15) is 0 Å². The quantitative estimate of drug-likeness (QED) is 0.820. The molecule has 1 aromatic carbocycles. The van der Waals surface area contributed by atoms with Gasteiger partial charge in [-0.1, -0.05) is 6.92 Å². The van der Waals surface area contributed by atoms with Crippen LogP contribution in [-0.4, -0.2) is 51.4 Å². The van der Waals surface area contributed by atoms with Gasteiger partial charge in [0.2, 0.25) is 10.0 Å². The summed E-state index contributed by atoms with van der Waals surface area (Å²) in [6.07, 6.45) is 4.00. The fourth-order valence-corrected chi connectivity index (χ4v) is 5.11. The van der Waals surface area contributed by atoms with E-state index in [1.165, 1.54) is 18.6 Å². The molecule has 1 aromatic rings. The number of likely N-dealkylation sites (tertiary alicyclic amines) is 1. The first-order valence-corrected chi connectivity index (χ1v) is 11.0. The van der Waals surface area contributed by atoms with E-state index in [0.717, 1.165) is 45.4 Å². The van der Waals surface area contributed by atoms with E-state index in [2.05, 4.69) is 10.0 Å². The number of carbonyl (C=O) groups is 1. The molecule has 1 spiro atoms. The minimum Gasteiger partial charge on any atom is -0.339 e. The molecule has 2 fully saturated rings. The smallest absolute Gasteiger partial charge is 0.253 e. The summed E-state index contributed by atoms with van der Waals surface area (Å²) in [7, 11) is -3.54. The molecule has 2 aliphatic heterocycles. The maximum atomic E-state index is 12.7. The summed E-state index contributed by atoms with van der Waals surface area (Å²) in [6, 6.07) is 6.16. The summed E-state index contributed by atoms with van der Waals surface area (Å²) in [5.41, 5.74) is 0.920. The maximum Gasteiger partial charge on any atom is 0.253 e. The van der Waals surface area contributed by atoms with Crippen LogP contribution in [0.4, 0.5) is 0 Å². The van der Waals surface area contributed by atoms with Gasteiger partial charge < -0.3 is 10.2 Å². The largest absolute Gasteiger partial charge is 0.339 e. The Balaban J connectivity index is 1.64. The number of sulfonamides is 1. The Morgan fingerprint density at radius 1 is 1.23 bits per heavy atom. The van der Waals surface area contributed by atoms with E-state index >= 15 is 0 Å². The van der Waals surface area contributed by atoms with Gasteiger partial charge in [-0.05, 0) is 68.8 Å². The minimum atomic E-state index is -3.54. The predicted octanol–water partition coefficient (Wildman–Crippen LogP) is 1.98. The second-order valence-electron chi connectivity index (χ2n) is 7.67. The van der Waals surface area contributed by atoms with Gasteiger partial charge in [0, 0.05) is 31.2 Å². The van der Waals surface area contributed by atoms with Crippen molar-refractivity contribution in [2.75, 3.05) is 26.2 Å². The molecule has 6 nitrogen and oxygen atoms in total. The molecule has 7 heteroatoms. The average Bonchev–Trinajstić information content (AvgIpc) is 3.09. The highest BCUT2D eigenvalue weighted by Crippen LogP contribution is 2.37. The van der Waals surface area contributed by atoms with Gasteiger partial charge in [0.25, 0.3) is 5.91 Å². The van der Waals surface area contributed by atoms with Crippen LogP contribution in [0.25, 0.3) is 0 Å². The maximum absolute atomic E-state index is 12.7. The van der Waals surface area contributed by atoms with Gasteiger partial charge in [0.05, 0.1) is 4.90 Å². The van der Waals surface area contributed by atoms with Crippen LogP contribution >= 0.6 is 0 Å². The van der Waals surface area contributed by atoms with Crippen molar-refractivity contribution >= 4 is 15.9 Å². The molecule has 26 heavy (non-hydrogen) atoms. The lowest BCUT2D eigenvalue weighted by Gasteiger charge is -2.38. The van der Waals surface area contributed by atoms with Crippen molar-refractivity contribution in [2.45, 2.75) is 50.5 Å². The summed E-state index contributed by atoms with van der Waals surface area (Å²) >= 11 is 0. The van der Waals surface area contributed by atoms with E-state index in [9.17, 15) is 13.2 Å². The Bertz CT molecular complexity index is 730. The molecule has 2 N–H and O–H groups in total. The zero-order valence-electron chi connectivity index (χ0n) is 15.6. The highest BCUT2D eigenvalue weighted by molar-refractivity contribution is 7.89. The molecular formula is C19H29N3O3S. The number of piperidine rings is 1. The van der Waals surface area contributed by atoms with E-state index in [0.29, 0.717) is 11.0 Å². The molecule has 144 valence electrons. The molecule has 0 aliphatic carbocycles. The van der Waals surface area contributed by atoms with Crippen LogP contribution < -0.4 is 10.0 Å². The highest BCUT2D eigenvalue weighted by atomic mass is 32.2. The SMILES string of the molecule is CCC(C)NS(=O)(=O)c1ccc(C(=O)N2CCC3(CCNC3)CC2)cc1. The lowest BCUT2D eigenvalue weighted by molar-refractivity contribution is 0.0607. The van der Waals surface area contributed by atoms with E-state index in [1.54, 1.807) is 12.1 Å². The third kappa shape index (κ3) is 4.10. The molecule has 2 saturated heterocycles. The van der Waals surface area contributed by atoms with Crippen LogP contribution in [0.2, 0.25) is 0 Å². The standard InChI is InChI=1S/C19H29N3O3S/c1-3-15(2)21-26(24,25)17-6-4-16(5-7-17)18(23)22-12-9-19(10-13-22)8-11-20-14-19/h4-7,15,20-21H,3,8-14H2,1-2H3. The van der Waals surface area contributed by atoms with Crippen LogP contribution in [0, 0.1) is 5.41 Å². The van der Waals surface area contributed by atoms with Gasteiger partial charge in [-0.3, -0.25) is 4.79 Å². The normalized spacial score (nSPS) is 21.1. The molecule has 0 bridgehead atoms. The fraction of sp³-hybridized carbons (Fsp3) is 0.632. The number of hydrogen-bond acceptors (Lipinski definition) is 4. The van der Waals surface area contributed by atoms with Crippen molar-refractivity contribution in [3.05, 3.63) is 29.8 Å². The Kier molecular flexibility index (Phi) is 5.69. The summed E-state index contributed by atoms with van der Waals surface area (Å²) in [5.74, 6) is -0.00959. The molecule has 0 saturated carbocycles. The Morgan fingerprint density at radius 2 is 1.88 bits per heavy atom. The molecule has 1 atom stereocenters. The van der Waals surface area contributed by atoms with Crippen LogP contribution in [-0.2, 0) is 10.0 Å². The van der Waals surface area contributed by atoms with Gasteiger partial charge in [-0.25, -0.2) is 13.1 Å². The molecule has 1 unspecified atom stereocenters. The van der Waals surface area contributed by atoms with Crippen molar-refractivity contribution in [1.29, 1.82) is 0 Å². The van der Waals surface area contributed by atoms with Gasteiger partial charge >= 0.3 is 0 Å². The van der Waals surface area contributed by atoms with Crippen molar-refractivity contribution in [3.63, 3.8) is 0 Å². The predicted molar refractivity (Wildman–Crippen MR) is 102 cm³/mol. The zero-order valence-corrected chi connectivity index (χ0v) is 16.4. The number of carbonyl (C=O) groups excluding carboxylic acids is 1. The van der Waals surface area contributed by atoms with Crippen molar-refractivity contribution in [1.82, 2.24) is 14.9 Å². The minimum absolute atomic E-state index is 0.00959. The number of nitrogens with one attached hydrogen (secondary N) is 2. The van der Waals surface area contributed by atoms with Crippen LogP contribution in [0.15, 0.2) is 29.2 Å². The Hall–Kier alpha value is -1.44. The van der Waals surface area contributed by atoms with Gasteiger partial charge in [-0.15, -0.1) is 0 Å². The first-order valence-electron chi connectivity index (χ1n) is 9.48. The Morgan fingerprint density at radius 3 is 2.42 bits per heavy atom. The van der Waals surface area contributed by atoms with Crippen LogP contribution in [0.5, 0.6) is 0 Å². The topological polar surface area (TPSA) is 78.5 Å². The number of amides is 1. The molecule has 2 aliphatic rings. The van der Waals surface area contributed by atoms with Crippen molar-refractivity contribution in [3.8, 4) is 0 Å². The van der Waals surface area contributed by atoms with Crippen LogP contribution in [0.1, 0.15) is 49.9 Å². The lowest BCUT2D eigenvalue weighted by atomic mass is 9.78. The number of nitrogens with zero attached hydrogens (tertiary/aromatic N) is 1. The molecule has 3 rings (SSSR count). The average molecular weight is 380 g/mol. The van der Waals surface area contributed by atoms with Crippen molar-refractivity contribution < 1.29 is 13.2 Å². The third-order valence-electron chi connectivity index (χ3n) is 5.82. The number of rotatable bonds is 5. The highest BCUT2D eigenvalue weighted by Gasteiger charge is 2.38. The van der Waals surface area contributed by atoms with Gasteiger partial charge in [0.1, 0.15) is 0 Å². The van der Waals surface area contributed by atoms with E-state index in [-0.39, 0.29) is 16.8 Å². The summed E-state index contributed by atoms with van der Waals surface area (Å²) in [5, 5.41) is 3.43. The first-order chi connectivity index (χ1) is 12.4. The molecule has 0 aromatic heterocycles. The van der Waals surface area contributed by atoms with Crippen LogP contribution in [0.3, 0.4) is 0 Å². The second kappa shape index (κ2) is 7.66. The van der Waals surface area contributed by atoms with Gasteiger partial charge in [0.15, 0.2) is 0 Å². The van der Waals surface area contributed by atoms with E-state index in [1.807, 2.05) is 18.7 Å². The zero-order chi connectivity index (χ0) is 18.8. The van der Waals surface area contributed by atoms with E-state index in [4.69, 9.17) is 0 Å². The number of benzene rings is 1. The fourth-order valence-electron chi connectivity index (χ4n) is 3.78. The molecular weight excluding hydrogens is 350 g/mol. The van der Waals surface area contributed by atoms with E-state index < -0.39 is 10.0 Å². The van der Waals surface area contributed by atoms with Crippen molar-refractivity contribution in [2.24, 2.45) is 5.41 Å². The Labute approximate surface area is 156 Å². The molecule has 2 heterocycles. The monoisotopic (exact) mass is 379 g/mol. The summed E-state index contributed by atoms with van der Waals surface area (Å²) in [4.78, 5) is 14.8.